The molecule has 0 atom stereocenters. The zero-order valence-electron chi connectivity index (χ0n) is 15.2. The van der Waals surface area contributed by atoms with Crippen molar-refractivity contribution in [2.24, 2.45) is 0 Å². The third kappa shape index (κ3) is 5.35. The summed E-state index contributed by atoms with van der Waals surface area (Å²) in [5.41, 5.74) is 1.13. The maximum Gasteiger partial charge on any atom is 0.262 e. The highest BCUT2D eigenvalue weighted by molar-refractivity contribution is 7.92. The van der Waals surface area contributed by atoms with E-state index in [4.69, 9.17) is 21.1 Å². The van der Waals surface area contributed by atoms with Crippen LogP contribution in [0, 0.1) is 6.92 Å². The minimum absolute atomic E-state index is 0.0491. The second-order valence-electron chi connectivity index (χ2n) is 5.68. The molecule has 0 fully saturated rings. The molecule has 2 aromatic rings. The summed E-state index contributed by atoms with van der Waals surface area (Å²) in [5.74, 6) is -0.0467. The van der Waals surface area contributed by atoms with Crippen LogP contribution >= 0.6 is 11.6 Å². The summed E-state index contributed by atoms with van der Waals surface area (Å²) in [5, 5.41) is 3.04. The molecule has 0 heterocycles. The molecule has 0 aliphatic rings. The number of hydrogen-bond donors (Lipinski definition) is 2. The Morgan fingerprint density at radius 2 is 1.89 bits per heavy atom. The standard InChI is InChI=1S/C18H21ClN2O5S/c1-12-4-6-14(11-15(12)18(22)20-8-9-25-2)27(23,24)21-16-10-13(19)5-7-17(16)26-3/h4-7,10-11,21H,8-9H2,1-3H3,(H,20,22). The van der Waals surface area contributed by atoms with Gasteiger partial charge in [-0.05, 0) is 42.8 Å². The fourth-order valence-corrected chi connectivity index (χ4v) is 3.60. The Kier molecular flexibility index (Phi) is 7.06. The van der Waals surface area contributed by atoms with Crippen molar-refractivity contribution < 1.29 is 22.7 Å². The maximum atomic E-state index is 12.8. The predicted octanol–water partition coefficient (Wildman–Crippen LogP) is 2.83. The lowest BCUT2D eigenvalue weighted by Crippen LogP contribution is -2.28. The second kappa shape index (κ2) is 9.07. The first-order chi connectivity index (χ1) is 12.8. The molecule has 9 heteroatoms. The number of sulfonamides is 1. The molecule has 0 spiro atoms. The van der Waals surface area contributed by atoms with Crippen molar-refractivity contribution in [1.82, 2.24) is 5.32 Å². The van der Waals surface area contributed by atoms with E-state index in [1.165, 1.54) is 32.4 Å². The van der Waals surface area contributed by atoms with E-state index in [0.717, 1.165) is 0 Å². The van der Waals surface area contributed by atoms with Crippen molar-refractivity contribution in [3.05, 3.63) is 52.5 Å². The van der Waals surface area contributed by atoms with Gasteiger partial charge in [0.2, 0.25) is 0 Å². The highest BCUT2D eigenvalue weighted by Gasteiger charge is 2.20. The van der Waals surface area contributed by atoms with E-state index < -0.39 is 10.0 Å². The topological polar surface area (TPSA) is 93.7 Å². The third-order valence-corrected chi connectivity index (χ3v) is 5.36. The number of carbonyl (C=O) groups is 1. The number of carbonyl (C=O) groups excluding carboxylic acids is 1. The van der Waals surface area contributed by atoms with Crippen LogP contribution in [0.15, 0.2) is 41.3 Å². The van der Waals surface area contributed by atoms with E-state index in [1.807, 2.05) is 0 Å². The number of benzene rings is 2. The van der Waals surface area contributed by atoms with Crippen molar-refractivity contribution in [1.29, 1.82) is 0 Å². The molecular formula is C18H21ClN2O5S. The Morgan fingerprint density at radius 3 is 2.56 bits per heavy atom. The van der Waals surface area contributed by atoms with Gasteiger partial charge in [0.05, 0.1) is 24.3 Å². The Bertz CT molecular complexity index is 931. The molecule has 27 heavy (non-hydrogen) atoms. The van der Waals surface area contributed by atoms with E-state index in [9.17, 15) is 13.2 Å². The van der Waals surface area contributed by atoms with Gasteiger partial charge in [-0.25, -0.2) is 8.42 Å². The molecule has 0 radical (unpaired) electrons. The van der Waals surface area contributed by atoms with Crippen LogP contribution < -0.4 is 14.8 Å². The Morgan fingerprint density at radius 1 is 1.15 bits per heavy atom. The molecule has 2 aromatic carbocycles. The molecule has 0 aliphatic carbocycles. The number of halogens is 1. The summed E-state index contributed by atoms with van der Waals surface area (Å²) in [6, 6.07) is 8.94. The molecule has 0 aromatic heterocycles. The SMILES string of the molecule is COCCNC(=O)c1cc(S(=O)(=O)Nc2cc(Cl)ccc2OC)ccc1C. The van der Waals surface area contributed by atoms with Crippen LogP contribution in [0.2, 0.25) is 5.02 Å². The summed E-state index contributed by atoms with van der Waals surface area (Å²) in [7, 11) is -1.000. The molecule has 2 rings (SSSR count). The average Bonchev–Trinajstić information content (AvgIpc) is 2.62. The largest absolute Gasteiger partial charge is 0.495 e. The van der Waals surface area contributed by atoms with Crippen LogP contribution in [0.5, 0.6) is 5.75 Å². The molecule has 0 saturated heterocycles. The lowest BCUT2D eigenvalue weighted by molar-refractivity contribution is 0.0936. The molecule has 1 amide bonds. The number of methoxy groups -OCH3 is 2. The van der Waals surface area contributed by atoms with Gasteiger partial charge in [-0.15, -0.1) is 0 Å². The molecule has 0 aliphatic heterocycles. The number of nitrogens with one attached hydrogen (secondary N) is 2. The van der Waals surface area contributed by atoms with Crippen LogP contribution in [-0.2, 0) is 14.8 Å². The maximum absolute atomic E-state index is 12.8. The van der Waals surface area contributed by atoms with Gasteiger partial charge < -0.3 is 14.8 Å². The van der Waals surface area contributed by atoms with Crippen LogP contribution in [0.3, 0.4) is 0 Å². The van der Waals surface area contributed by atoms with Crippen molar-refractivity contribution in [3.63, 3.8) is 0 Å². The lowest BCUT2D eigenvalue weighted by Gasteiger charge is -2.14. The van der Waals surface area contributed by atoms with Gasteiger partial charge in [-0.3, -0.25) is 9.52 Å². The highest BCUT2D eigenvalue weighted by atomic mass is 35.5. The number of hydrogen-bond acceptors (Lipinski definition) is 5. The average molecular weight is 413 g/mol. The van der Waals surface area contributed by atoms with Gasteiger partial charge in [-0.2, -0.15) is 0 Å². The Hall–Kier alpha value is -2.29. The molecule has 2 N–H and O–H groups in total. The van der Waals surface area contributed by atoms with E-state index in [0.29, 0.717) is 29.5 Å². The summed E-state index contributed by atoms with van der Waals surface area (Å²) >= 11 is 5.94. The molecule has 7 nitrogen and oxygen atoms in total. The first-order valence-electron chi connectivity index (χ1n) is 8.02. The predicted molar refractivity (Wildman–Crippen MR) is 104 cm³/mol. The molecule has 0 unspecified atom stereocenters. The number of rotatable bonds is 8. The minimum atomic E-state index is -3.95. The molecule has 146 valence electrons. The van der Waals surface area contributed by atoms with Crippen LogP contribution in [0.4, 0.5) is 5.69 Å². The van der Waals surface area contributed by atoms with Gasteiger partial charge in [0.15, 0.2) is 0 Å². The highest BCUT2D eigenvalue weighted by Crippen LogP contribution is 2.30. The first-order valence-corrected chi connectivity index (χ1v) is 9.88. The summed E-state index contributed by atoms with van der Waals surface area (Å²) < 4.78 is 38.0. The van der Waals surface area contributed by atoms with Crippen LogP contribution in [0.1, 0.15) is 15.9 Å². The number of aryl methyl sites for hydroxylation is 1. The van der Waals surface area contributed by atoms with Crippen LogP contribution in [0.25, 0.3) is 0 Å². The zero-order valence-corrected chi connectivity index (χ0v) is 16.8. The quantitative estimate of drug-likeness (QED) is 0.650. The van der Waals surface area contributed by atoms with E-state index in [1.54, 1.807) is 25.1 Å². The fourth-order valence-electron chi connectivity index (χ4n) is 2.34. The fraction of sp³-hybridized carbons (Fsp3) is 0.278. The normalized spacial score (nSPS) is 11.1. The van der Waals surface area contributed by atoms with Gasteiger partial charge in [0.25, 0.3) is 15.9 Å². The number of ether oxygens (including phenoxy) is 2. The Labute approximate surface area is 163 Å². The summed E-state index contributed by atoms with van der Waals surface area (Å²) in [6.45, 7) is 2.41. The second-order valence-corrected chi connectivity index (χ2v) is 7.79. The zero-order chi connectivity index (χ0) is 20.0. The van der Waals surface area contributed by atoms with Crippen LogP contribution in [-0.4, -0.2) is 41.7 Å². The number of amides is 1. The van der Waals surface area contributed by atoms with Crippen molar-refractivity contribution >= 4 is 33.2 Å². The van der Waals surface area contributed by atoms with E-state index in [2.05, 4.69) is 10.0 Å². The van der Waals surface area contributed by atoms with Gasteiger partial charge >= 0.3 is 0 Å². The monoisotopic (exact) mass is 412 g/mol. The van der Waals surface area contributed by atoms with Crippen molar-refractivity contribution in [3.8, 4) is 5.75 Å². The van der Waals surface area contributed by atoms with Gasteiger partial charge in [0.1, 0.15) is 5.75 Å². The summed E-state index contributed by atoms with van der Waals surface area (Å²) in [4.78, 5) is 12.3. The lowest BCUT2D eigenvalue weighted by atomic mass is 10.1. The van der Waals surface area contributed by atoms with Crippen molar-refractivity contribution in [2.75, 3.05) is 32.1 Å². The van der Waals surface area contributed by atoms with E-state index in [-0.39, 0.29) is 22.1 Å². The smallest absolute Gasteiger partial charge is 0.262 e. The third-order valence-electron chi connectivity index (χ3n) is 3.76. The van der Waals surface area contributed by atoms with Gasteiger partial charge in [-0.1, -0.05) is 17.7 Å². The first kappa shape index (κ1) is 21.0. The molecular weight excluding hydrogens is 392 g/mol. The van der Waals surface area contributed by atoms with Gasteiger partial charge in [0, 0.05) is 24.2 Å². The Balaban J connectivity index is 2.33. The molecule has 0 bridgehead atoms. The summed E-state index contributed by atoms with van der Waals surface area (Å²) in [6.07, 6.45) is 0. The van der Waals surface area contributed by atoms with E-state index >= 15 is 0 Å². The molecule has 0 saturated carbocycles. The minimum Gasteiger partial charge on any atom is -0.495 e. The number of anilines is 1. The van der Waals surface area contributed by atoms with Crippen molar-refractivity contribution in [2.45, 2.75) is 11.8 Å².